The molecule has 0 bridgehead atoms. The molecule has 0 spiro atoms. The van der Waals surface area contributed by atoms with Gasteiger partial charge in [0, 0.05) is 12.4 Å². The maximum Gasteiger partial charge on any atom is 0.340 e. The Hall–Kier alpha value is -2.23. The van der Waals surface area contributed by atoms with E-state index >= 15 is 0 Å². The molecular formula is C13H10FNO2. The van der Waals surface area contributed by atoms with Crippen LogP contribution in [0.1, 0.15) is 10.4 Å². The van der Waals surface area contributed by atoms with Gasteiger partial charge in [0.25, 0.3) is 0 Å². The van der Waals surface area contributed by atoms with E-state index in [0.29, 0.717) is 0 Å². The molecule has 0 amide bonds. The number of esters is 1. The largest absolute Gasteiger partial charge is 0.465 e. The molecule has 0 saturated heterocycles. The van der Waals surface area contributed by atoms with Crippen molar-refractivity contribution in [3.8, 4) is 11.1 Å². The van der Waals surface area contributed by atoms with Gasteiger partial charge >= 0.3 is 5.97 Å². The Bertz CT molecular complexity index is 540. The quantitative estimate of drug-likeness (QED) is 0.746. The molecule has 1 aromatic heterocycles. The molecule has 86 valence electrons. The third-order valence-electron chi connectivity index (χ3n) is 2.39. The number of benzene rings is 1. The van der Waals surface area contributed by atoms with Gasteiger partial charge < -0.3 is 4.74 Å². The zero-order chi connectivity index (χ0) is 12.3. The number of aromatic nitrogens is 1. The number of nitrogens with zero attached hydrogens (tertiary/aromatic N) is 1. The molecule has 1 heterocycles. The Morgan fingerprint density at radius 3 is 2.53 bits per heavy atom. The molecule has 17 heavy (non-hydrogen) atoms. The number of rotatable bonds is 2. The highest BCUT2D eigenvalue weighted by Gasteiger charge is 2.13. The van der Waals surface area contributed by atoms with Crippen molar-refractivity contribution in [2.75, 3.05) is 7.11 Å². The molecule has 0 aliphatic carbocycles. The number of carbonyl (C=O) groups is 1. The highest BCUT2D eigenvalue weighted by molar-refractivity contribution is 5.91. The smallest absolute Gasteiger partial charge is 0.340 e. The molecule has 2 aromatic rings. The summed E-state index contributed by atoms with van der Waals surface area (Å²) in [4.78, 5) is 15.2. The monoisotopic (exact) mass is 231 g/mol. The first kappa shape index (κ1) is 11.3. The van der Waals surface area contributed by atoms with Gasteiger partial charge in [0.05, 0.1) is 12.7 Å². The normalized spacial score (nSPS) is 10.0. The minimum Gasteiger partial charge on any atom is -0.465 e. The van der Waals surface area contributed by atoms with Crippen LogP contribution in [-0.4, -0.2) is 18.1 Å². The third-order valence-corrected chi connectivity index (χ3v) is 2.39. The molecule has 0 aliphatic rings. The topological polar surface area (TPSA) is 39.2 Å². The fourth-order valence-electron chi connectivity index (χ4n) is 1.52. The van der Waals surface area contributed by atoms with Gasteiger partial charge in [0.2, 0.25) is 0 Å². The van der Waals surface area contributed by atoms with Crippen LogP contribution in [0.5, 0.6) is 0 Å². The lowest BCUT2D eigenvalue weighted by molar-refractivity contribution is 0.0595. The van der Waals surface area contributed by atoms with Crippen molar-refractivity contribution in [3.63, 3.8) is 0 Å². The number of hydrogen-bond donors (Lipinski definition) is 0. The SMILES string of the molecule is COC(=O)c1cc(-c2ccncc2)ccc1F. The second-order valence-electron chi connectivity index (χ2n) is 3.42. The van der Waals surface area contributed by atoms with Crippen molar-refractivity contribution in [1.82, 2.24) is 4.98 Å². The zero-order valence-corrected chi connectivity index (χ0v) is 9.18. The molecule has 0 saturated carbocycles. The molecule has 0 N–H and O–H groups in total. The van der Waals surface area contributed by atoms with Crippen molar-refractivity contribution in [1.29, 1.82) is 0 Å². The number of halogens is 1. The van der Waals surface area contributed by atoms with Crippen LogP contribution in [0.4, 0.5) is 4.39 Å². The van der Waals surface area contributed by atoms with Crippen LogP contribution >= 0.6 is 0 Å². The molecule has 0 unspecified atom stereocenters. The van der Waals surface area contributed by atoms with Crippen LogP contribution < -0.4 is 0 Å². The minimum absolute atomic E-state index is 0.0678. The minimum atomic E-state index is -0.682. The molecule has 2 rings (SSSR count). The molecule has 3 nitrogen and oxygen atoms in total. The van der Waals surface area contributed by atoms with Crippen LogP contribution in [0, 0.1) is 5.82 Å². The molecule has 0 fully saturated rings. The second kappa shape index (κ2) is 4.74. The van der Waals surface area contributed by atoms with Gasteiger partial charge in [-0.25, -0.2) is 9.18 Å². The Kier molecular flexibility index (Phi) is 3.14. The molecule has 0 atom stereocenters. The van der Waals surface area contributed by atoms with Gasteiger partial charge in [-0.2, -0.15) is 0 Å². The second-order valence-corrected chi connectivity index (χ2v) is 3.42. The van der Waals surface area contributed by atoms with E-state index in [1.54, 1.807) is 30.6 Å². The van der Waals surface area contributed by atoms with Crippen molar-refractivity contribution in [2.45, 2.75) is 0 Å². The van der Waals surface area contributed by atoms with Crippen LogP contribution in [0.25, 0.3) is 11.1 Å². The number of hydrogen-bond acceptors (Lipinski definition) is 3. The summed E-state index contributed by atoms with van der Waals surface area (Å²) >= 11 is 0. The number of pyridine rings is 1. The number of ether oxygens (including phenoxy) is 1. The summed E-state index contributed by atoms with van der Waals surface area (Å²) in [6.07, 6.45) is 3.27. The fraction of sp³-hybridized carbons (Fsp3) is 0.0769. The van der Waals surface area contributed by atoms with Crippen molar-refractivity contribution in [3.05, 3.63) is 54.1 Å². The summed E-state index contributed by atoms with van der Waals surface area (Å²) in [5.74, 6) is -1.27. The van der Waals surface area contributed by atoms with Crippen LogP contribution in [0.15, 0.2) is 42.7 Å². The summed E-state index contributed by atoms with van der Waals surface area (Å²) in [6, 6.07) is 7.90. The zero-order valence-electron chi connectivity index (χ0n) is 9.18. The third kappa shape index (κ3) is 2.30. The van der Waals surface area contributed by atoms with E-state index in [-0.39, 0.29) is 5.56 Å². The summed E-state index contributed by atoms with van der Waals surface area (Å²) in [6.45, 7) is 0. The lowest BCUT2D eigenvalue weighted by Crippen LogP contribution is -2.04. The van der Waals surface area contributed by atoms with E-state index in [2.05, 4.69) is 9.72 Å². The van der Waals surface area contributed by atoms with Gasteiger partial charge in [0.1, 0.15) is 5.82 Å². The average molecular weight is 231 g/mol. The average Bonchev–Trinajstić information content (AvgIpc) is 2.39. The predicted octanol–water partition coefficient (Wildman–Crippen LogP) is 2.67. The van der Waals surface area contributed by atoms with E-state index in [1.807, 2.05) is 0 Å². The maximum absolute atomic E-state index is 13.4. The standard InChI is InChI=1S/C13H10FNO2/c1-17-13(16)11-8-10(2-3-12(11)14)9-4-6-15-7-5-9/h2-8H,1H3. The van der Waals surface area contributed by atoms with E-state index in [9.17, 15) is 9.18 Å². The molecular weight excluding hydrogens is 221 g/mol. The van der Waals surface area contributed by atoms with Gasteiger partial charge in [0.15, 0.2) is 0 Å². The molecule has 0 radical (unpaired) electrons. The number of methoxy groups -OCH3 is 1. The summed E-state index contributed by atoms with van der Waals surface area (Å²) in [7, 11) is 1.22. The highest BCUT2D eigenvalue weighted by Crippen LogP contribution is 2.21. The summed E-state index contributed by atoms with van der Waals surface area (Å²) < 4.78 is 17.9. The predicted molar refractivity (Wildman–Crippen MR) is 61.0 cm³/mol. The Morgan fingerprint density at radius 2 is 1.88 bits per heavy atom. The van der Waals surface area contributed by atoms with E-state index in [4.69, 9.17) is 0 Å². The van der Waals surface area contributed by atoms with Crippen LogP contribution in [-0.2, 0) is 4.74 Å². The van der Waals surface area contributed by atoms with Crippen molar-refractivity contribution in [2.24, 2.45) is 0 Å². The summed E-state index contributed by atoms with van der Waals surface area (Å²) in [5, 5.41) is 0. The lowest BCUT2D eigenvalue weighted by Gasteiger charge is -2.05. The number of carbonyl (C=O) groups excluding carboxylic acids is 1. The van der Waals surface area contributed by atoms with Crippen LogP contribution in [0.2, 0.25) is 0 Å². The molecule has 1 aromatic carbocycles. The Balaban J connectivity index is 2.48. The van der Waals surface area contributed by atoms with Gasteiger partial charge in [-0.1, -0.05) is 6.07 Å². The van der Waals surface area contributed by atoms with E-state index < -0.39 is 11.8 Å². The van der Waals surface area contributed by atoms with Crippen LogP contribution in [0.3, 0.4) is 0 Å². The van der Waals surface area contributed by atoms with E-state index in [0.717, 1.165) is 11.1 Å². The molecule has 4 heteroatoms. The lowest BCUT2D eigenvalue weighted by atomic mass is 10.0. The Labute approximate surface area is 97.9 Å². The fourth-order valence-corrected chi connectivity index (χ4v) is 1.52. The highest BCUT2D eigenvalue weighted by atomic mass is 19.1. The first-order valence-corrected chi connectivity index (χ1v) is 5.00. The molecule has 0 aliphatic heterocycles. The van der Waals surface area contributed by atoms with Gasteiger partial charge in [-0.15, -0.1) is 0 Å². The van der Waals surface area contributed by atoms with Gasteiger partial charge in [-0.05, 0) is 35.4 Å². The van der Waals surface area contributed by atoms with E-state index in [1.165, 1.54) is 19.2 Å². The maximum atomic E-state index is 13.4. The van der Waals surface area contributed by atoms with Crippen molar-refractivity contribution < 1.29 is 13.9 Å². The Morgan fingerprint density at radius 1 is 1.18 bits per heavy atom. The van der Waals surface area contributed by atoms with Crippen molar-refractivity contribution >= 4 is 5.97 Å². The first-order chi connectivity index (χ1) is 8.22. The summed E-state index contributed by atoms with van der Waals surface area (Å²) in [5.41, 5.74) is 1.54. The van der Waals surface area contributed by atoms with Gasteiger partial charge in [-0.3, -0.25) is 4.98 Å². The first-order valence-electron chi connectivity index (χ1n) is 5.00.